The van der Waals surface area contributed by atoms with E-state index >= 15 is 0 Å². The van der Waals surface area contributed by atoms with Crippen molar-refractivity contribution in [3.05, 3.63) is 194 Å². The number of benzene rings is 8. The fraction of sp³-hybridized carbons (Fsp3) is 0.0755. The minimum absolute atomic E-state index is 0.00575. The van der Waals surface area contributed by atoms with Gasteiger partial charge in [0.2, 0.25) is 0 Å². The summed E-state index contributed by atoms with van der Waals surface area (Å²) in [6.07, 6.45) is 1.88. The van der Waals surface area contributed by atoms with Crippen molar-refractivity contribution < 1.29 is 0 Å². The van der Waals surface area contributed by atoms with Gasteiger partial charge in [-0.05, 0) is 132 Å². The second-order valence-electron chi connectivity index (χ2n) is 15.6. The number of aromatic nitrogens is 2. The van der Waals surface area contributed by atoms with Crippen molar-refractivity contribution in [2.45, 2.75) is 26.2 Å². The Morgan fingerprint density at radius 2 is 0.945 bits per heavy atom. The van der Waals surface area contributed by atoms with Gasteiger partial charge in [0.15, 0.2) is 0 Å². The zero-order valence-electron chi connectivity index (χ0n) is 31.3. The van der Waals surface area contributed by atoms with E-state index < -0.39 is 0 Å². The minimum Gasteiger partial charge on any atom is -0.308 e. The van der Waals surface area contributed by atoms with Crippen LogP contribution in [0.4, 0.5) is 0 Å². The zero-order valence-corrected chi connectivity index (χ0v) is 31.3. The molecule has 55 heavy (non-hydrogen) atoms. The molecule has 262 valence electrons. The van der Waals surface area contributed by atoms with Crippen LogP contribution in [0.25, 0.3) is 93.7 Å². The molecule has 0 aliphatic rings. The van der Waals surface area contributed by atoms with E-state index in [1.54, 1.807) is 0 Å². The van der Waals surface area contributed by atoms with Gasteiger partial charge in [0.1, 0.15) is 0 Å². The van der Waals surface area contributed by atoms with E-state index in [4.69, 9.17) is 4.98 Å². The van der Waals surface area contributed by atoms with Gasteiger partial charge in [0, 0.05) is 17.3 Å². The minimum atomic E-state index is 0.00575. The summed E-state index contributed by atoms with van der Waals surface area (Å²) in [4.78, 5) is 4.80. The smallest absolute Gasteiger partial charge is 0.0963 e. The van der Waals surface area contributed by atoms with Crippen LogP contribution in [0.1, 0.15) is 26.3 Å². The lowest BCUT2D eigenvalue weighted by Gasteiger charge is -2.23. The number of fused-ring (bicyclic) bond motifs is 5. The molecule has 2 aromatic heterocycles. The van der Waals surface area contributed by atoms with E-state index in [1.165, 1.54) is 66.1 Å². The summed E-state index contributed by atoms with van der Waals surface area (Å²) >= 11 is 0. The van der Waals surface area contributed by atoms with E-state index in [1.807, 2.05) is 12.3 Å². The number of para-hydroxylation sites is 1. The van der Waals surface area contributed by atoms with Crippen LogP contribution in [0.5, 0.6) is 0 Å². The fourth-order valence-corrected chi connectivity index (χ4v) is 8.49. The molecule has 0 spiro atoms. The molecular weight excluding hydrogens is 665 g/mol. The van der Waals surface area contributed by atoms with Crippen molar-refractivity contribution in [1.82, 2.24) is 9.55 Å². The second kappa shape index (κ2) is 13.0. The highest BCUT2D eigenvalue weighted by Crippen LogP contribution is 2.46. The van der Waals surface area contributed by atoms with Crippen molar-refractivity contribution >= 4 is 43.5 Å². The van der Waals surface area contributed by atoms with Crippen LogP contribution in [-0.4, -0.2) is 9.55 Å². The highest BCUT2D eigenvalue weighted by Gasteiger charge is 2.21. The molecule has 0 radical (unpaired) electrons. The SMILES string of the molecule is CC(C)(C)c1ccc2c(-c3cc(-c4ccccc4)cc(-c4cccc(-n5c6ccccc6c6ncccc65)c4)c3)c3ccccc3c(-c3ccccc3)c2c1. The van der Waals surface area contributed by atoms with E-state index in [0.717, 1.165) is 33.2 Å². The van der Waals surface area contributed by atoms with Gasteiger partial charge in [-0.1, -0.05) is 148 Å². The van der Waals surface area contributed by atoms with Gasteiger partial charge in [-0.2, -0.15) is 0 Å². The Hall–Kier alpha value is -6.77. The average molecular weight is 705 g/mol. The summed E-state index contributed by atoms with van der Waals surface area (Å²) in [6.45, 7) is 6.91. The maximum atomic E-state index is 4.80. The zero-order chi connectivity index (χ0) is 37.1. The molecule has 0 bridgehead atoms. The molecule has 2 heterocycles. The van der Waals surface area contributed by atoms with Crippen LogP contribution in [0, 0.1) is 0 Å². The van der Waals surface area contributed by atoms with Gasteiger partial charge in [0.25, 0.3) is 0 Å². The van der Waals surface area contributed by atoms with Crippen molar-refractivity contribution in [3.63, 3.8) is 0 Å². The van der Waals surface area contributed by atoms with Crippen molar-refractivity contribution in [1.29, 1.82) is 0 Å². The molecule has 0 amide bonds. The summed E-state index contributed by atoms with van der Waals surface area (Å²) in [5.74, 6) is 0. The highest BCUT2D eigenvalue weighted by molar-refractivity contribution is 6.22. The van der Waals surface area contributed by atoms with Gasteiger partial charge in [-0.3, -0.25) is 4.98 Å². The first-order valence-corrected chi connectivity index (χ1v) is 19.1. The van der Waals surface area contributed by atoms with Crippen molar-refractivity contribution in [2.75, 3.05) is 0 Å². The first-order valence-electron chi connectivity index (χ1n) is 19.1. The quantitative estimate of drug-likeness (QED) is 0.163. The predicted molar refractivity (Wildman–Crippen MR) is 234 cm³/mol. The molecule has 8 aromatic carbocycles. The van der Waals surface area contributed by atoms with E-state index in [2.05, 4.69) is 201 Å². The summed E-state index contributed by atoms with van der Waals surface area (Å²) in [7, 11) is 0. The molecule has 0 fully saturated rings. The first-order chi connectivity index (χ1) is 26.9. The van der Waals surface area contributed by atoms with Gasteiger partial charge in [-0.15, -0.1) is 0 Å². The summed E-state index contributed by atoms with van der Waals surface area (Å²) in [5.41, 5.74) is 15.4. The van der Waals surface area contributed by atoms with Crippen LogP contribution in [0.15, 0.2) is 188 Å². The molecule has 0 aliphatic heterocycles. The van der Waals surface area contributed by atoms with Gasteiger partial charge in [0.05, 0.1) is 16.6 Å². The van der Waals surface area contributed by atoms with Crippen LogP contribution >= 0.6 is 0 Å². The van der Waals surface area contributed by atoms with Gasteiger partial charge < -0.3 is 4.57 Å². The molecule has 10 rings (SSSR count). The fourth-order valence-electron chi connectivity index (χ4n) is 8.49. The Morgan fingerprint density at radius 3 is 1.67 bits per heavy atom. The molecule has 0 atom stereocenters. The molecule has 2 heteroatoms. The topological polar surface area (TPSA) is 17.8 Å². The molecule has 2 nitrogen and oxygen atoms in total. The normalized spacial score (nSPS) is 11.9. The molecule has 10 aromatic rings. The van der Waals surface area contributed by atoms with Gasteiger partial charge in [-0.25, -0.2) is 0 Å². The third-order valence-electron chi connectivity index (χ3n) is 11.1. The van der Waals surface area contributed by atoms with E-state index in [0.29, 0.717) is 0 Å². The third-order valence-corrected chi connectivity index (χ3v) is 11.1. The van der Waals surface area contributed by atoms with E-state index in [9.17, 15) is 0 Å². The van der Waals surface area contributed by atoms with E-state index in [-0.39, 0.29) is 5.41 Å². The highest BCUT2D eigenvalue weighted by atomic mass is 15.0. The average Bonchev–Trinajstić information content (AvgIpc) is 3.57. The largest absolute Gasteiger partial charge is 0.308 e. The Morgan fingerprint density at radius 1 is 0.382 bits per heavy atom. The Labute approximate surface area is 322 Å². The van der Waals surface area contributed by atoms with Crippen molar-refractivity contribution in [3.8, 4) is 50.2 Å². The second-order valence-corrected chi connectivity index (χ2v) is 15.6. The Bertz CT molecular complexity index is 3000. The van der Waals surface area contributed by atoms with Crippen LogP contribution in [0.3, 0.4) is 0 Å². The first kappa shape index (κ1) is 32.8. The number of hydrogen-bond acceptors (Lipinski definition) is 1. The number of nitrogens with zero attached hydrogens (tertiary/aromatic N) is 2. The molecule has 0 saturated heterocycles. The third kappa shape index (κ3) is 5.61. The predicted octanol–water partition coefficient (Wildman–Crippen LogP) is 14.5. The lowest BCUT2D eigenvalue weighted by atomic mass is 9.81. The summed E-state index contributed by atoms with van der Waals surface area (Å²) < 4.78 is 2.35. The van der Waals surface area contributed by atoms with Crippen molar-refractivity contribution in [2.24, 2.45) is 0 Å². The lowest BCUT2D eigenvalue weighted by Crippen LogP contribution is -2.10. The number of hydrogen-bond donors (Lipinski definition) is 0. The van der Waals surface area contributed by atoms with Crippen LogP contribution < -0.4 is 0 Å². The standard InChI is InChI=1S/C53H40N2/c1-53(2,3)41-27-28-45-47(34-41)50(36-18-8-5-9-19-36)43-22-10-11-23-44(43)51(45)40-31-38(35-16-6-4-7-17-35)30-39(32-40)37-20-14-21-42(33-37)55-48-25-13-12-24-46(48)52-49(55)26-15-29-54-52/h4-34H,1-3H3. The maximum Gasteiger partial charge on any atom is 0.0963 e. The Balaban J connectivity index is 1.26. The lowest BCUT2D eigenvalue weighted by molar-refractivity contribution is 0.591. The maximum absolute atomic E-state index is 4.80. The van der Waals surface area contributed by atoms with Gasteiger partial charge >= 0.3 is 0 Å². The number of rotatable bonds is 5. The monoisotopic (exact) mass is 704 g/mol. The number of pyridine rings is 1. The molecule has 0 N–H and O–H groups in total. The molecular formula is C53H40N2. The van der Waals surface area contributed by atoms with Crippen LogP contribution in [0.2, 0.25) is 0 Å². The van der Waals surface area contributed by atoms with Crippen LogP contribution in [-0.2, 0) is 5.41 Å². The summed E-state index contributed by atoms with van der Waals surface area (Å²) in [6, 6.07) is 66.7. The molecule has 0 aliphatic carbocycles. The molecule has 0 saturated carbocycles. The summed E-state index contributed by atoms with van der Waals surface area (Å²) in [5, 5.41) is 6.20. The Kier molecular flexibility index (Phi) is 7.74. The molecule has 0 unspecified atom stereocenters.